The third kappa shape index (κ3) is 2.13. The van der Waals surface area contributed by atoms with Crippen molar-refractivity contribution in [2.75, 3.05) is 13.2 Å². The van der Waals surface area contributed by atoms with Gasteiger partial charge in [0.15, 0.2) is 5.79 Å². The summed E-state index contributed by atoms with van der Waals surface area (Å²) in [5, 5.41) is 17.7. The van der Waals surface area contributed by atoms with E-state index in [9.17, 15) is 0 Å². The lowest BCUT2D eigenvalue weighted by Gasteiger charge is -2.18. The molecule has 66 valence electrons. The van der Waals surface area contributed by atoms with E-state index in [0.29, 0.717) is 6.61 Å². The van der Waals surface area contributed by atoms with Gasteiger partial charge in [-0.1, -0.05) is 0 Å². The van der Waals surface area contributed by atoms with E-state index in [1.165, 1.54) is 0 Å². The van der Waals surface area contributed by atoms with E-state index in [0.717, 1.165) is 0 Å². The Kier molecular flexibility index (Phi) is 2.49. The molecule has 11 heavy (non-hydrogen) atoms. The molecule has 1 aliphatic heterocycles. The third-order valence-corrected chi connectivity index (χ3v) is 1.65. The van der Waals surface area contributed by atoms with Crippen LogP contribution in [0.3, 0.4) is 0 Å². The average Bonchev–Trinajstić information content (AvgIpc) is 2.29. The molecule has 1 saturated heterocycles. The Morgan fingerprint density at radius 1 is 1.64 bits per heavy atom. The summed E-state index contributed by atoms with van der Waals surface area (Å²) in [5.41, 5.74) is 0. The fraction of sp³-hybridized carbons (Fsp3) is 1.00. The molecule has 1 rings (SSSR count). The number of ether oxygens (including phenoxy) is 2. The van der Waals surface area contributed by atoms with Crippen LogP contribution in [0.25, 0.3) is 0 Å². The second-order valence-corrected chi connectivity index (χ2v) is 3.12. The van der Waals surface area contributed by atoms with Gasteiger partial charge in [-0.25, -0.2) is 0 Å². The average molecular weight is 162 g/mol. The van der Waals surface area contributed by atoms with E-state index in [-0.39, 0.29) is 6.61 Å². The first kappa shape index (κ1) is 8.93. The number of aliphatic hydroxyl groups is 2. The van der Waals surface area contributed by atoms with Crippen molar-refractivity contribution in [2.24, 2.45) is 0 Å². The van der Waals surface area contributed by atoms with Crippen molar-refractivity contribution >= 4 is 0 Å². The molecular formula is C7H14O4. The van der Waals surface area contributed by atoms with Crippen molar-refractivity contribution in [1.29, 1.82) is 0 Å². The molecule has 0 saturated carbocycles. The van der Waals surface area contributed by atoms with Crippen LogP contribution in [0.5, 0.6) is 0 Å². The Bertz CT molecular complexity index is 134. The first-order valence-corrected chi connectivity index (χ1v) is 3.66. The molecule has 0 aromatic rings. The summed E-state index contributed by atoms with van der Waals surface area (Å²) in [6.45, 7) is 3.60. The van der Waals surface area contributed by atoms with E-state index >= 15 is 0 Å². The van der Waals surface area contributed by atoms with Crippen LogP contribution >= 0.6 is 0 Å². The van der Waals surface area contributed by atoms with Gasteiger partial charge in [0, 0.05) is 0 Å². The molecule has 4 heteroatoms. The summed E-state index contributed by atoms with van der Waals surface area (Å²) in [4.78, 5) is 0. The third-order valence-electron chi connectivity index (χ3n) is 1.65. The molecule has 0 aromatic carbocycles. The Balaban J connectivity index is 2.41. The highest BCUT2D eigenvalue weighted by atomic mass is 16.7. The van der Waals surface area contributed by atoms with E-state index in [4.69, 9.17) is 19.7 Å². The Hall–Kier alpha value is -0.160. The molecule has 2 N–H and O–H groups in total. The molecular weight excluding hydrogens is 148 g/mol. The van der Waals surface area contributed by atoms with Crippen LogP contribution in [-0.2, 0) is 9.47 Å². The Labute approximate surface area is 65.7 Å². The van der Waals surface area contributed by atoms with Crippen LogP contribution in [0, 0.1) is 0 Å². The molecule has 0 amide bonds. The molecule has 0 radical (unpaired) electrons. The molecule has 0 aromatic heterocycles. The van der Waals surface area contributed by atoms with Gasteiger partial charge in [0.25, 0.3) is 0 Å². The minimum Gasteiger partial charge on any atom is -0.394 e. The van der Waals surface area contributed by atoms with E-state index < -0.39 is 18.0 Å². The number of hydrogen-bond donors (Lipinski definition) is 2. The highest BCUT2D eigenvalue weighted by Gasteiger charge is 2.36. The van der Waals surface area contributed by atoms with Gasteiger partial charge in [0.05, 0.1) is 13.2 Å². The molecule has 0 aliphatic carbocycles. The predicted octanol–water partition coefficient (Wildman–Crippen LogP) is -0.509. The second-order valence-electron chi connectivity index (χ2n) is 3.12. The molecule has 1 heterocycles. The van der Waals surface area contributed by atoms with Gasteiger partial charge in [-0.15, -0.1) is 0 Å². The maximum atomic E-state index is 9.13. The first-order valence-electron chi connectivity index (χ1n) is 3.66. The monoisotopic (exact) mass is 162 g/mol. The minimum atomic E-state index is -0.836. The Morgan fingerprint density at radius 3 is 2.64 bits per heavy atom. The highest BCUT2D eigenvalue weighted by molar-refractivity contribution is 4.76. The molecule has 2 atom stereocenters. The van der Waals surface area contributed by atoms with Crippen LogP contribution < -0.4 is 0 Å². The van der Waals surface area contributed by atoms with Gasteiger partial charge in [0.2, 0.25) is 0 Å². The SMILES string of the molecule is CC1(C)OCC([C@@H](O)CO)O1. The zero-order valence-electron chi connectivity index (χ0n) is 6.78. The Morgan fingerprint density at radius 2 is 2.27 bits per heavy atom. The fourth-order valence-corrected chi connectivity index (χ4v) is 1.02. The first-order chi connectivity index (χ1) is 5.05. The lowest BCUT2D eigenvalue weighted by molar-refractivity contribution is -0.153. The van der Waals surface area contributed by atoms with Gasteiger partial charge >= 0.3 is 0 Å². The molecule has 4 nitrogen and oxygen atoms in total. The van der Waals surface area contributed by atoms with Crippen LogP contribution in [-0.4, -0.2) is 41.4 Å². The molecule has 1 unspecified atom stereocenters. The molecule has 0 spiro atoms. The summed E-state index contributed by atoms with van der Waals surface area (Å²) in [6, 6.07) is 0. The number of rotatable bonds is 2. The van der Waals surface area contributed by atoms with Crippen molar-refractivity contribution in [3.63, 3.8) is 0 Å². The van der Waals surface area contributed by atoms with Crippen molar-refractivity contribution < 1.29 is 19.7 Å². The largest absolute Gasteiger partial charge is 0.394 e. The van der Waals surface area contributed by atoms with E-state index in [2.05, 4.69) is 0 Å². The summed E-state index contributed by atoms with van der Waals surface area (Å²) < 4.78 is 10.5. The smallest absolute Gasteiger partial charge is 0.163 e. The highest BCUT2D eigenvalue weighted by Crippen LogP contribution is 2.23. The summed E-state index contributed by atoms with van der Waals surface area (Å²) in [6.07, 6.45) is -1.23. The maximum absolute atomic E-state index is 9.13. The summed E-state index contributed by atoms with van der Waals surface area (Å²) >= 11 is 0. The van der Waals surface area contributed by atoms with Gasteiger partial charge in [-0.3, -0.25) is 0 Å². The van der Waals surface area contributed by atoms with Crippen molar-refractivity contribution in [2.45, 2.75) is 31.8 Å². The summed E-state index contributed by atoms with van der Waals surface area (Å²) in [5.74, 6) is -0.624. The second kappa shape index (κ2) is 3.06. The van der Waals surface area contributed by atoms with Crippen LogP contribution in [0.4, 0.5) is 0 Å². The van der Waals surface area contributed by atoms with Gasteiger partial charge < -0.3 is 19.7 Å². The summed E-state index contributed by atoms with van der Waals surface area (Å²) in [7, 11) is 0. The van der Waals surface area contributed by atoms with Crippen molar-refractivity contribution in [3.05, 3.63) is 0 Å². The molecule has 1 aliphatic rings. The van der Waals surface area contributed by atoms with Crippen molar-refractivity contribution in [1.82, 2.24) is 0 Å². The van der Waals surface area contributed by atoms with Gasteiger partial charge in [0.1, 0.15) is 12.2 Å². The lowest BCUT2D eigenvalue weighted by Crippen LogP contribution is -2.33. The lowest BCUT2D eigenvalue weighted by atomic mass is 10.2. The number of aliphatic hydroxyl groups excluding tert-OH is 2. The minimum absolute atomic E-state index is 0.288. The van der Waals surface area contributed by atoms with Gasteiger partial charge in [-0.05, 0) is 13.8 Å². The number of hydrogen-bond acceptors (Lipinski definition) is 4. The van der Waals surface area contributed by atoms with Crippen LogP contribution in [0.15, 0.2) is 0 Å². The normalized spacial score (nSPS) is 32.2. The predicted molar refractivity (Wildman–Crippen MR) is 38.0 cm³/mol. The van der Waals surface area contributed by atoms with Crippen LogP contribution in [0.2, 0.25) is 0 Å². The standard InChI is InChI=1S/C7H14O4/c1-7(2)10-4-6(11-7)5(9)3-8/h5-6,8-9H,3-4H2,1-2H3/t5-,6?/m0/s1. The molecule has 0 bridgehead atoms. The van der Waals surface area contributed by atoms with Crippen molar-refractivity contribution in [3.8, 4) is 0 Å². The zero-order chi connectivity index (χ0) is 8.48. The zero-order valence-corrected chi connectivity index (χ0v) is 6.78. The maximum Gasteiger partial charge on any atom is 0.163 e. The van der Waals surface area contributed by atoms with E-state index in [1.807, 2.05) is 0 Å². The van der Waals surface area contributed by atoms with Crippen LogP contribution in [0.1, 0.15) is 13.8 Å². The molecule has 1 fully saturated rings. The fourth-order valence-electron chi connectivity index (χ4n) is 1.02. The topological polar surface area (TPSA) is 58.9 Å². The quantitative estimate of drug-likeness (QED) is 0.574. The van der Waals surface area contributed by atoms with E-state index in [1.54, 1.807) is 13.8 Å². The van der Waals surface area contributed by atoms with Gasteiger partial charge in [-0.2, -0.15) is 0 Å².